The molecule has 110 valence electrons. The van der Waals surface area contributed by atoms with E-state index < -0.39 is 11.6 Å². The van der Waals surface area contributed by atoms with Crippen molar-refractivity contribution in [1.29, 1.82) is 0 Å². The van der Waals surface area contributed by atoms with Crippen LogP contribution in [0.15, 0.2) is 43.0 Å². The van der Waals surface area contributed by atoms with Gasteiger partial charge >= 0.3 is 5.97 Å². The second-order valence-electron chi connectivity index (χ2n) is 5.31. The lowest BCUT2D eigenvalue weighted by atomic mass is 9.86. The molecule has 0 aliphatic heterocycles. The lowest BCUT2D eigenvalue weighted by Crippen LogP contribution is -2.32. The van der Waals surface area contributed by atoms with Gasteiger partial charge in [0, 0.05) is 0 Å². The molecule has 1 unspecified atom stereocenters. The Morgan fingerprint density at radius 3 is 2.50 bits per heavy atom. The summed E-state index contributed by atoms with van der Waals surface area (Å²) < 4.78 is 0. The molecule has 0 aromatic heterocycles. The Labute approximate surface area is 121 Å². The van der Waals surface area contributed by atoms with Crippen LogP contribution in [0.5, 0.6) is 0 Å². The summed E-state index contributed by atoms with van der Waals surface area (Å²) in [7, 11) is 0. The molecule has 1 aromatic rings. The molecule has 0 aliphatic rings. The number of hydrogen-bond acceptors (Lipinski definition) is 2. The maximum absolute atomic E-state index is 10.9. The third kappa shape index (κ3) is 6.53. The Morgan fingerprint density at radius 1 is 1.20 bits per heavy atom. The van der Waals surface area contributed by atoms with Gasteiger partial charge in [0.25, 0.3) is 0 Å². The topological polar surface area (TPSA) is 57.5 Å². The Hall–Kier alpha value is -1.61. The van der Waals surface area contributed by atoms with Crippen LogP contribution >= 0.6 is 0 Å². The summed E-state index contributed by atoms with van der Waals surface area (Å²) in [6.07, 6.45) is 6.04. The fourth-order valence-corrected chi connectivity index (χ4v) is 2.35. The standard InChI is InChI=1S/C17H24O3/c1-2-3-4-8-12-17(20,14-16(18)19)13-11-15-9-6-5-7-10-15/h2,5-7,9-10,20H,1,3-4,8,11-14H2,(H,18,19). The number of carbonyl (C=O) groups is 1. The van der Waals surface area contributed by atoms with Crippen LogP contribution in [0.1, 0.15) is 44.1 Å². The van der Waals surface area contributed by atoms with Crippen molar-refractivity contribution in [2.45, 2.75) is 50.5 Å². The fraction of sp³-hybridized carbons (Fsp3) is 0.471. The van der Waals surface area contributed by atoms with E-state index in [0.717, 1.165) is 24.8 Å². The number of carboxylic acid groups (broad SMARTS) is 1. The summed E-state index contributed by atoms with van der Waals surface area (Å²) >= 11 is 0. The van der Waals surface area contributed by atoms with Crippen LogP contribution in [0.25, 0.3) is 0 Å². The van der Waals surface area contributed by atoms with Gasteiger partial charge in [0.05, 0.1) is 12.0 Å². The number of aliphatic hydroxyl groups is 1. The third-order valence-electron chi connectivity index (χ3n) is 3.50. The first kappa shape index (κ1) is 16.4. The number of rotatable bonds is 10. The molecule has 1 atom stereocenters. The van der Waals surface area contributed by atoms with Gasteiger partial charge in [-0.1, -0.05) is 42.8 Å². The van der Waals surface area contributed by atoms with Gasteiger partial charge in [0.1, 0.15) is 0 Å². The first-order valence-electron chi connectivity index (χ1n) is 7.15. The molecule has 3 heteroatoms. The SMILES string of the molecule is C=CCCCCC(O)(CCc1ccccc1)CC(=O)O. The van der Waals surface area contributed by atoms with Crippen LogP contribution in [-0.4, -0.2) is 21.8 Å². The lowest BCUT2D eigenvalue weighted by Gasteiger charge is -2.26. The van der Waals surface area contributed by atoms with Crippen LogP contribution in [-0.2, 0) is 11.2 Å². The average Bonchev–Trinajstić information content (AvgIpc) is 2.42. The van der Waals surface area contributed by atoms with E-state index in [1.165, 1.54) is 0 Å². The predicted molar refractivity (Wildman–Crippen MR) is 80.6 cm³/mol. The Kier molecular flexibility index (Phi) is 7.02. The largest absolute Gasteiger partial charge is 0.481 e. The van der Waals surface area contributed by atoms with Crippen molar-refractivity contribution in [3.05, 3.63) is 48.6 Å². The van der Waals surface area contributed by atoms with E-state index in [4.69, 9.17) is 5.11 Å². The first-order valence-corrected chi connectivity index (χ1v) is 7.15. The average molecular weight is 276 g/mol. The van der Waals surface area contributed by atoms with E-state index in [0.29, 0.717) is 19.3 Å². The number of hydrogen-bond donors (Lipinski definition) is 2. The van der Waals surface area contributed by atoms with Crippen molar-refractivity contribution in [3.8, 4) is 0 Å². The van der Waals surface area contributed by atoms with Gasteiger partial charge in [-0.2, -0.15) is 0 Å². The molecule has 1 rings (SSSR count). The molecule has 1 aromatic carbocycles. The number of aryl methyl sites for hydroxylation is 1. The third-order valence-corrected chi connectivity index (χ3v) is 3.50. The smallest absolute Gasteiger partial charge is 0.306 e. The van der Waals surface area contributed by atoms with E-state index in [1.54, 1.807) is 0 Å². The summed E-state index contributed by atoms with van der Waals surface area (Å²) in [5.41, 5.74) is 0.0189. The zero-order chi connectivity index (χ0) is 14.8. The summed E-state index contributed by atoms with van der Waals surface area (Å²) in [4.78, 5) is 10.9. The molecule has 0 spiro atoms. The molecule has 0 saturated carbocycles. The number of benzene rings is 1. The summed E-state index contributed by atoms with van der Waals surface area (Å²) in [6.45, 7) is 3.66. The zero-order valence-corrected chi connectivity index (χ0v) is 11.9. The summed E-state index contributed by atoms with van der Waals surface area (Å²) in [5, 5.41) is 19.5. The Morgan fingerprint density at radius 2 is 1.90 bits per heavy atom. The number of unbranched alkanes of at least 4 members (excludes halogenated alkanes) is 2. The van der Waals surface area contributed by atoms with Gasteiger partial charge in [-0.3, -0.25) is 4.79 Å². The normalized spacial score (nSPS) is 13.7. The molecular formula is C17H24O3. The second kappa shape index (κ2) is 8.54. The van der Waals surface area contributed by atoms with Gasteiger partial charge in [-0.05, 0) is 37.7 Å². The molecule has 0 fully saturated rings. The molecule has 0 aliphatic carbocycles. The minimum absolute atomic E-state index is 0.187. The van der Waals surface area contributed by atoms with Crippen LogP contribution in [0.4, 0.5) is 0 Å². The molecule has 0 heterocycles. The highest BCUT2D eigenvalue weighted by Crippen LogP contribution is 2.25. The highest BCUT2D eigenvalue weighted by molar-refractivity contribution is 5.68. The van der Waals surface area contributed by atoms with Gasteiger partial charge in [-0.15, -0.1) is 6.58 Å². The number of carboxylic acids is 1. The van der Waals surface area contributed by atoms with Crippen LogP contribution in [0, 0.1) is 0 Å². The number of allylic oxidation sites excluding steroid dienone is 1. The second-order valence-corrected chi connectivity index (χ2v) is 5.31. The van der Waals surface area contributed by atoms with E-state index in [-0.39, 0.29) is 6.42 Å². The molecule has 0 bridgehead atoms. The predicted octanol–water partition coefficient (Wildman–Crippen LogP) is 3.57. The van der Waals surface area contributed by atoms with Crippen molar-refractivity contribution in [1.82, 2.24) is 0 Å². The first-order chi connectivity index (χ1) is 9.56. The zero-order valence-electron chi connectivity index (χ0n) is 11.9. The summed E-state index contributed by atoms with van der Waals surface area (Å²) in [6, 6.07) is 9.85. The molecule has 20 heavy (non-hydrogen) atoms. The van der Waals surface area contributed by atoms with Crippen molar-refractivity contribution in [2.75, 3.05) is 0 Å². The van der Waals surface area contributed by atoms with Gasteiger partial charge in [-0.25, -0.2) is 0 Å². The van der Waals surface area contributed by atoms with E-state index in [1.807, 2.05) is 36.4 Å². The maximum atomic E-state index is 10.9. The minimum Gasteiger partial charge on any atom is -0.481 e. The summed E-state index contributed by atoms with van der Waals surface area (Å²) in [5.74, 6) is -0.940. The van der Waals surface area contributed by atoms with Crippen molar-refractivity contribution < 1.29 is 15.0 Å². The van der Waals surface area contributed by atoms with Gasteiger partial charge in [0.15, 0.2) is 0 Å². The highest BCUT2D eigenvalue weighted by Gasteiger charge is 2.29. The van der Waals surface area contributed by atoms with Crippen LogP contribution < -0.4 is 0 Å². The maximum Gasteiger partial charge on any atom is 0.306 e. The fourth-order valence-electron chi connectivity index (χ4n) is 2.35. The number of aliphatic carboxylic acids is 1. The molecule has 2 N–H and O–H groups in total. The lowest BCUT2D eigenvalue weighted by molar-refractivity contribution is -0.143. The van der Waals surface area contributed by atoms with Crippen molar-refractivity contribution in [3.63, 3.8) is 0 Å². The minimum atomic E-state index is -1.11. The van der Waals surface area contributed by atoms with Crippen molar-refractivity contribution >= 4 is 5.97 Å². The Bertz CT molecular complexity index is 414. The molecular weight excluding hydrogens is 252 g/mol. The van der Waals surface area contributed by atoms with Crippen LogP contribution in [0.2, 0.25) is 0 Å². The molecule has 3 nitrogen and oxygen atoms in total. The van der Waals surface area contributed by atoms with Crippen LogP contribution in [0.3, 0.4) is 0 Å². The Balaban J connectivity index is 2.53. The molecule has 0 amide bonds. The molecule has 0 saturated heterocycles. The van der Waals surface area contributed by atoms with E-state index in [2.05, 4.69) is 6.58 Å². The highest BCUT2D eigenvalue weighted by atomic mass is 16.4. The quantitative estimate of drug-likeness (QED) is 0.507. The van der Waals surface area contributed by atoms with Crippen molar-refractivity contribution in [2.24, 2.45) is 0 Å². The van der Waals surface area contributed by atoms with Gasteiger partial charge < -0.3 is 10.2 Å². The van der Waals surface area contributed by atoms with Gasteiger partial charge in [0.2, 0.25) is 0 Å². The van der Waals surface area contributed by atoms with E-state index >= 15 is 0 Å². The molecule has 0 radical (unpaired) electrons. The monoisotopic (exact) mass is 276 g/mol. The van der Waals surface area contributed by atoms with E-state index in [9.17, 15) is 9.90 Å².